The SMILES string of the molecule is Cc1ccccc1C(=O)OC[C@H](Br)CBr. The van der Waals surface area contributed by atoms with Crippen LogP contribution in [-0.4, -0.2) is 22.7 Å². The molecule has 0 radical (unpaired) electrons. The van der Waals surface area contributed by atoms with Crippen molar-refractivity contribution < 1.29 is 9.53 Å². The summed E-state index contributed by atoms with van der Waals surface area (Å²) in [5.41, 5.74) is 1.57. The second-order valence-corrected chi connectivity index (χ2v) is 5.11. The molecule has 0 amide bonds. The second kappa shape index (κ2) is 6.28. The van der Waals surface area contributed by atoms with Gasteiger partial charge in [0.1, 0.15) is 6.61 Å². The van der Waals surface area contributed by atoms with Crippen molar-refractivity contribution >= 4 is 37.8 Å². The molecular weight excluding hydrogens is 324 g/mol. The van der Waals surface area contributed by atoms with Gasteiger partial charge in [-0.3, -0.25) is 0 Å². The molecule has 0 unspecified atom stereocenters. The zero-order chi connectivity index (χ0) is 11.3. The van der Waals surface area contributed by atoms with Gasteiger partial charge in [0.25, 0.3) is 0 Å². The average Bonchev–Trinajstić information content (AvgIpc) is 2.26. The fraction of sp³-hybridized carbons (Fsp3) is 0.364. The van der Waals surface area contributed by atoms with E-state index in [2.05, 4.69) is 31.9 Å². The van der Waals surface area contributed by atoms with Crippen molar-refractivity contribution in [3.8, 4) is 0 Å². The molecule has 0 fully saturated rings. The maximum absolute atomic E-state index is 11.6. The molecule has 2 nitrogen and oxygen atoms in total. The molecule has 1 atom stereocenters. The van der Waals surface area contributed by atoms with Crippen LogP contribution in [0.4, 0.5) is 0 Å². The molecule has 0 aliphatic rings. The summed E-state index contributed by atoms with van der Waals surface area (Å²) in [7, 11) is 0. The largest absolute Gasteiger partial charge is 0.461 e. The van der Waals surface area contributed by atoms with E-state index < -0.39 is 0 Å². The Labute approximate surface area is 106 Å². The van der Waals surface area contributed by atoms with Crippen LogP contribution in [0.1, 0.15) is 15.9 Å². The third-order valence-corrected chi connectivity index (χ3v) is 4.17. The van der Waals surface area contributed by atoms with Gasteiger partial charge in [0.05, 0.1) is 10.4 Å². The Balaban J connectivity index is 2.58. The summed E-state index contributed by atoms with van der Waals surface area (Å²) >= 11 is 6.67. The highest BCUT2D eigenvalue weighted by Gasteiger charge is 2.11. The van der Waals surface area contributed by atoms with Crippen LogP contribution in [-0.2, 0) is 4.74 Å². The fourth-order valence-electron chi connectivity index (χ4n) is 1.09. The lowest BCUT2D eigenvalue weighted by Crippen LogP contribution is -2.15. The normalized spacial score (nSPS) is 12.2. The van der Waals surface area contributed by atoms with Crippen LogP contribution in [0.5, 0.6) is 0 Å². The highest BCUT2D eigenvalue weighted by molar-refractivity contribution is 9.12. The Morgan fingerprint density at radius 1 is 1.47 bits per heavy atom. The minimum absolute atomic E-state index is 0.158. The molecule has 0 aliphatic carbocycles. The number of halogens is 2. The number of aryl methyl sites for hydroxylation is 1. The van der Waals surface area contributed by atoms with Crippen molar-refractivity contribution in [1.29, 1.82) is 0 Å². The Bertz CT molecular complexity index is 339. The Kier molecular flexibility index (Phi) is 5.32. The minimum atomic E-state index is -0.265. The summed E-state index contributed by atoms with van der Waals surface area (Å²) in [5.74, 6) is -0.265. The molecule has 0 bridgehead atoms. The van der Waals surface area contributed by atoms with Gasteiger partial charge in [0.2, 0.25) is 0 Å². The predicted molar refractivity (Wildman–Crippen MR) is 68.0 cm³/mol. The zero-order valence-corrected chi connectivity index (χ0v) is 11.5. The quantitative estimate of drug-likeness (QED) is 0.623. The maximum atomic E-state index is 11.6. The number of carbonyl (C=O) groups is 1. The molecule has 15 heavy (non-hydrogen) atoms. The molecule has 4 heteroatoms. The first-order valence-corrected chi connectivity index (χ1v) is 6.61. The number of hydrogen-bond donors (Lipinski definition) is 0. The average molecular weight is 336 g/mol. The van der Waals surface area contributed by atoms with Gasteiger partial charge in [-0.2, -0.15) is 0 Å². The monoisotopic (exact) mass is 334 g/mol. The van der Waals surface area contributed by atoms with Crippen molar-refractivity contribution in [2.24, 2.45) is 0 Å². The standard InChI is InChI=1S/C11H12Br2O2/c1-8-4-2-3-5-10(8)11(14)15-7-9(13)6-12/h2-5,9H,6-7H2,1H3/t9-/m1/s1. The summed E-state index contributed by atoms with van der Waals surface area (Å²) in [6, 6.07) is 7.40. The van der Waals surface area contributed by atoms with E-state index in [0.717, 1.165) is 10.9 Å². The van der Waals surface area contributed by atoms with Crippen LogP contribution in [0.2, 0.25) is 0 Å². The smallest absolute Gasteiger partial charge is 0.338 e. The summed E-state index contributed by atoms with van der Waals surface area (Å²) in [6.45, 7) is 2.27. The molecule has 0 saturated heterocycles. The molecule has 1 rings (SSSR count). The number of benzene rings is 1. The minimum Gasteiger partial charge on any atom is -0.461 e. The Morgan fingerprint density at radius 2 is 2.13 bits per heavy atom. The molecule has 82 valence electrons. The molecule has 0 N–H and O–H groups in total. The third-order valence-electron chi connectivity index (χ3n) is 1.93. The molecule has 0 spiro atoms. The van der Waals surface area contributed by atoms with Crippen LogP contribution >= 0.6 is 31.9 Å². The van der Waals surface area contributed by atoms with E-state index >= 15 is 0 Å². The summed E-state index contributed by atoms with van der Waals surface area (Å²) in [4.78, 5) is 11.8. The van der Waals surface area contributed by atoms with Gasteiger partial charge < -0.3 is 4.74 Å². The molecule has 0 heterocycles. The molecule has 0 aromatic heterocycles. The Hall–Kier alpha value is -0.350. The highest BCUT2D eigenvalue weighted by atomic mass is 79.9. The first-order chi connectivity index (χ1) is 7.15. The number of rotatable bonds is 4. The summed E-state index contributed by atoms with van der Waals surface area (Å²) in [5, 5.41) is 0.758. The van der Waals surface area contributed by atoms with Gasteiger partial charge in [0.15, 0.2) is 0 Å². The van der Waals surface area contributed by atoms with Crippen molar-refractivity contribution in [3.63, 3.8) is 0 Å². The van der Waals surface area contributed by atoms with Crippen LogP contribution < -0.4 is 0 Å². The lowest BCUT2D eigenvalue weighted by molar-refractivity contribution is 0.0512. The molecule has 0 saturated carbocycles. The number of hydrogen-bond acceptors (Lipinski definition) is 2. The van der Waals surface area contributed by atoms with E-state index in [4.69, 9.17) is 4.74 Å². The van der Waals surface area contributed by atoms with Gasteiger partial charge in [-0.25, -0.2) is 4.79 Å². The van der Waals surface area contributed by atoms with Crippen LogP contribution in [0.15, 0.2) is 24.3 Å². The van der Waals surface area contributed by atoms with E-state index in [9.17, 15) is 4.79 Å². The van der Waals surface area contributed by atoms with Gasteiger partial charge >= 0.3 is 5.97 Å². The lowest BCUT2D eigenvalue weighted by Gasteiger charge is -2.09. The van der Waals surface area contributed by atoms with E-state index in [1.54, 1.807) is 6.07 Å². The second-order valence-electron chi connectivity index (χ2n) is 3.16. The number of alkyl halides is 2. The van der Waals surface area contributed by atoms with Crippen LogP contribution in [0, 0.1) is 6.92 Å². The van der Waals surface area contributed by atoms with E-state index in [1.807, 2.05) is 25.1 Å². The lowest BCUT2D eigenvalue weighted by atomic mass is 10.1. The number of ether oxygens (including phenoxy) is 1. The highest BCUT2D eigenvalue weighted by Crippen LogP contribution is 2.10. The van der Waals surface area contributed by atoms with E-state index in [1.165, 1.54) is 0 Å². The van der Waals surface area contributed by atoms with Crippen molar-refractivity contribution in [2.45, 2.75) is 11.8 Å². The predicted octanol–water partition coefficient (Wildman–Crippen LogP) is 3.31. The summed E-state index contributed by atoms with van der Waals surface area (Å²) in [6.07, 6.45) is 0. The van der Waals surface area contributed by atoms with Crippen molar-refractivity contribution in [3.05, 3.63) is 35.4 Å². The van der Waals surface area contributed by atoms with Crippen LogP contribution in [0.3, 0.4) is 0 Å². The van der Waals surface area contributed by atoms with Crippen LogP contribution in [0.25, 0.3) is 0 Å². The molecule has 1 aromatic rings. The molecule has 1 aromatic carbocycles. The van der Waals surface area contributed by atoms with Gasteiger partial charge in [-0.15, -0.1) is 0 Å². The third kappa shape index (κ3) is 3.95. The van der Waals surface area contributed by atoms with E-state index in [0.29, 0.717) is 12.2 Å². The zero-order valence-electron chi connectivity index (χ0n) is 8.37. The first-order valence-electron chi connectivity index (χ1n) is 4.58. The fourth-order valence-corrected chi connectivity index (χ4v) is 1.41. The first kappa shape index (κ1) is 12.7. The number of esters is 1. The molecule has 0 aliphatic heterocycles. The van der Waals surface area contributed by atoms with Gasteiger partial charge in [-0.1, -0.05) is 50.1 Å². The number of carbonyl (C=O) groups excluding carboxylic acids is 1. The van der Waals surface area contributed by atoms with Gasteiger partial charge in [0, 0.05) is 5.33 Å². The van der Waals surface area contributed by atoms with E-state index in [-0.39, 0.29) is 10.8 Å². The van der Waals surface area contributed by atoms with Gasteiger partial charge in [-0.05, 0) is 18.6 Å². The summed E-state index contributed by atoms with van der Waals surface area (Å²) < 4.78 is 5.15. The molecular formula is C11H12Br2O2. The topological polar surface area (TPSA) is 26.3 Å². The van der Waals surface area contributed by atoms with Crippen molar-refractivity contribution in [2.75, 3.05) is 11.9 Å². The van der Waals surface area contributed by atoms with Crippen molar-refractivity contribution in [1.82, 2.24) is 0 Å². The maximum Gasteiger partial charge on any atom is 0.338 e. The Morgan fingerprint density at radius 3 is 2.73 bits per heavy atom.